The fraction of sp³-hybridized carbons (Fsp3) is 0.545. The molecular weight excluding hydrogens is 204 g/mol. The molecule has 0 bridgehead atoms. The molecule has 0 spiro atoms. The highest BCUT2D eigenvalue weighted by atomic mass is 16.2. The van der Waals surface area contributed by atoms with Gasteiger partial charge in [0.2, 0.25) is 5.91 Å². The zero-order chi connectivity index (χ0) is 11.4. The van der Waals surface area contributed by atoms with E-state index in [4.69, 9.17) is 5.26 Å². The molecule has 0 unspecified atom stereocenters. The van der Waals surface area contributed by atoms with Crippen molar-refractivity contribution in [2.24, 2.45) is 5.41 Å². The molecule has 5 heteroatoms. The van der Waals surface area contributed by atoms with Crippen molar-refractivity contribution in [2.75, 3.05) is 0 Å². The van der Waals surface area contributed by atoms with Crippen molar-refractivity contribution in [1.82, 2.24) is 15.3 Å². The predicted molar refractivity (Wildman–Crippen MR) is 56.9 cm³/mol. The van der Waals surface area contributed by atoms with E-state index in [0.717, 1.165) is 12.8 Å². The van der Waals surface area contributed by atoms with Gasteiger partial charge in [0.25, 0.3) is 0 Å². The van der Waals surface area contributed by atoms with Crippen LogP contribution in [0.5, 0.6) is 0 Å². The van der Waals surface area contributed by atoms with Crippen molar-refractivity contribution in [2.45, 2.75) is 32.2 Å². The fourth-order valence-corrected chi connectivity index (χ4v) is 2.10. The van der Waals surface area contributed by atoms with E-state index in [2.05, 4.69) is 21.4 Å². The number of carbonyl (C=O) groups is 1. The lowest BCUT2D eigenvalue weighted by Crippen LogP contribution is -2.38. The van der Waals surface area contributed by atoms with E-state index in [0.29, 0.717) is 25.2 Å². The maximum absolute atomic E-state index is 11.9. The Kier molecular flexibility index (Phi) is 2.91. The van der Waals surface area contributed by atoms with Gasteiger partial charge < -0.3 is 10.3 Å². The van der Waals surface area contributed by atoms with Crippen LogP contribution in [0, 0.1) is 16.7 Å². The van der Waals surface area contributed by atoms with E-state index in [1.54, 1.807) is 12.4 Å². The number of aromatic amines is 1. The van der Waals surface area contributed by atoms with Crippen molar-refractivity contribution in [3.05, 3.63) is 18.2 Å². The number of nitrogens with zero attached hydrogens (tertiary/aromatic N) is 2. The van der Waals surface area contributed by atoms with Gasteiger partial charge in [-0.2, -0.15) is 5.26 Å². The Balaban J connectivity index is 1.95. The number of amides is 1. The minimum absolute atomic E-state index is 0.163. The summed E-state index contributed by atoms with van der Waals surface area (Å²) in [6.45, 7) is 0.356. The molecule has 1 aliphatic rings. The first-order valence-electron chi connectivity index (χ1n) is 5.45. The molecule has 0 saturated heterocycles. The van der Waals surface area contributed by atoms with Crippen LogP contribution in [0.3, 0.4) is 0 Å². The Hall–Kier alpha value is -1.83. The van der Waals surface area contributed by atoms with E-state index in [9.17, 15) is 4.79 Å². The summed E-state index contributed by atoms with van der Waals surface area (Å²) in [4.78, 5) is 18.8. The SMILES string of the molecule is N#CC1(C(=O)NCc2ncc[nH]2)CCCC1. The van der Waals surface area contributed by atoms with Gasteiger partial charge in [-0.15, -0.1) is 0 Å². The van der Waals surface area contributed by atoms with Crippen LogP contribution in [-0.2, 0) is 11.3 Å². The number of imidazole rings is 1. The minimum Gasteiger partial charge on any atom is -0.347 e. The summed E-state index contributed by atoms with van der Waals surface area (Å²) < 4.78 is 0. The summed E-state index contributed by atoms with van der Waals surface area (Å²) in [6, 6.07) is 2.16. The van der Waals surface area contributed by atoms with Crippen LogP contribution in [0.2, 0.25) is 0 Å². The molecule has 1 amide bonds. The fourth-order valence-electron chi connectivity index (χ4n) is 2.10. The number of nitrogens with one attached hydrogen (secondary N) is 2. The summed E-state index contributed by atoms with van der Waals surface area (Å²) in [5, 5.41) is 11.9. The molecule has 1 saturated carbocycles. The van der Waals surface area contributed by atoms with E-state index >= 15 is 0 Å². The highest BCUT2D eigenvalue weighted by molar-refractivity contribution is 5.85. The molecule has 1 aromatic heterocycles. The number of hydrogen-bond donors (Lipinski definition) is 2. The zero-order valence-corrected chi connectivity index (χ0v) is 8.99. The first-order chi connectivity index (χ1) is 7.77. The van der Waals surface area contributed by atoms with Gasteiger partial charge in [0.1, 0.15) is 11.2 Å². The van der Waals surface area contributed by atoms with Crippen molar-refractivity contribution in [1.29, 1.82) is 5.26 Å². The molecule has 0 radical (unpaired) electrons. The van der Waals surface area contributed by atoms with Crippen LogP contribution in [0.1, 0.15) is 31.5 Å². The number of rotatable bonds is 3. The summed E-state index contributed by atoms with van der Waals surface area (Å²) >= 11 is 0. The summed E-state index contributed by atoms with van der Waals surface area (Å²) in [6.07, 6.45) is 6.61. The molecule has 0 aliphatic heterocycles. The van der Waals surface area contributed by atoms with E-state index in [1.807, 2.05) is 0 Å². The second-order valence-corrected chi connectivity index (χ2v) is 4.12. The van der Waals surface area contributed by atoms with Gasteiger partial charge in [-0.1, -0.05) is 12.8 Å². The van der Waals surface area contributed by atoms with Gasteiger partial charge in [0.05, 0.1) is 12.6 Å². The summed E-state index contributed by atoms with van der Waals surface area (Å²) in [5.74, 6) is 0.545. The number of H-pyrrole nitrogens is 1. The average molecular weight is 218 g/mol. The van der Waals surface area contributed by atoms with Crippen LogP contribution in [0.4, 0.5) is 0 Å². The second kappa shape index (κ2) is 4.35. The third-order valence-corrected chi connectivity index (χ3v) is 3.08. The molecule has 2 rings (SSSR count). The minimum atomic E-state index is -0.799. The Morgan fingerprint density at radius 3 is 2.94 bits per heavy atom. The summed E-state index contributed by atoms with van der Waals surface area (Å²) in [7, 11) is 0. The van der Waals surface area contributed by atoms with Crippen molar-refractivity contribution < 1.29 is 4.79 Å². The molecule has 84 valence electrons. The Bertz CT molecular complexity index is 398. The predicted octanol–water partition coefficient (Wildman–Crippen LogP) is 1.11. The molecule has 0 atom stereocenters. The van der Waals surface area contributed by atoms with E-state index in [1.165, 1.54) is 0 Å². The maximum Gasteiger partial charge on any atom is 0.240 e. The number of aromatic nitrogens is 2. The molecular formula is C11H14N4O. The van der Waals surface area contributed by atoms with Crippen LogP contribution < -0.4 is 5.32 Å². The molecule has 2 N–H and O–H groups in total. The molecule has 0 aromatic carbocycles. The standard InChI is InChI=1S/C11H14N4O/c12-8-11(3-1-2-4-11)10(16)15-7-9-13-5-6-14-9/h5-6H,1-4,7H2,(H,13,14)(H,15,16). The molecule has 1 heterocycles. The van der Waals surface area contributed by atoms with Gasteiger partial charge in [-0.3, -0.25) is 4.79 Å². The third-order valence-electron chi connectivity index (χ3n) is 3.08. The van der Waals surface area contributed by atoms with E-state index in [-0.39, 0.29) is 5.91 Å². The molecule has 16 heavy (non-hydrogen) atoms. The quantitative estimate of drug-likeness (QED) is 0.797. The molecule has 1 aliphatic carbocycles. The average Bonchev–Trinajstić information content (AvgIpc) is 2.97. The van der Waals surface area contributed by atoms with Gasteiger partial charge in [-0.05, 0) is 12.8 Å². The molecule has 5 nitrogen and oxygen atoms in total. The second-order valence-electron chi connectivity index (χ2n) is 4.12. The van der Waals surface area contributed by atoms with Crippen molar-refractivity contribution >= 4 is 5.91 Å². The lowest BCUT2D eigenvalue weighted by molar-refractivity contribution is -0.128. The Morgan fingerprint density at radius 1 is 1.62 bits per heavy atom. The van der Waals surface area contributed by atoms with Crippen LogP contribution >= 0.6 is 0 Å². The highest BCUT2D eigenvalue weighted by Crippen LogP contribution is 2.37. The molecule has 1 aromatic rings. The Labute approximate surface area is 93.9 Å². The van der Waals surface area contributed by atoms with Gasteiger partial charge >= 0.3 is 0 Å². The zero-order valence-electron chi connectivity index (χ0n) is 8.99. The number of nitriles is 1. The largest absolute Gasteiger partial charge is 0.347 e. The Morgan fingerprint density at radius 2 is 2.38 bits per heavy atom. The van der Waals surface area contributed by atoms with Gasteiger partial charge in [-0.25, -0.2) is 4.98 Å². The van der Waals surface area contributed by atoms with Gasteiger partial charge in [0, 0.05) is 12.4 Å². The van der Waals surface area contributed by atoms with Crippen LogP contribution in [0.15, 0.2) is 12.4 Å². The smallest absolute Gasteiger partial charge is 0.240 e. The van der Waals surface area contributed by atoms with Crippen LogP contribution in [0.25, 0.3) is 0 Å². The van der Waals surface area contributed by atoms with Crippen LogP contribution in [-0.4, -0.2) is 15.9 Å². The van der Waals surface area contributed by atoms with Crippen molar-refractivity contribution in [3.63, 3.8) is 0 Å². The van der Waals surface area contributed by atoms with Crippen molar-refractivity contribution in [3.8, 4) is 6.07 Å². The molecule has 1 fully saturated rings. The number of carbonyl (C=O) groups excluding carboxylic acids is 1. The lowest BCUT2D eigenvalue weighted by atomic mass is 9.87. The lowest BCUT2D eigenvalue weighted by Gasteiger charge is -2.18. The third kappa shape index (κ3) is 1.91. The van der Waals surface area contributed by atoms with Gasteiger partial charge in [0.15, 0.2) is 0 Å². The maximum atomic E-state index is 11.9. The number of hydrogen-bond acceptors (Lipinski definition) is 3. The summed E-state index contributed by atoms with van der Waals surface area (Å²) in [5.41, 5.74) is -0.799. The van der Waals surface area contributed by atoms with E-state index < -0.39 is 5.41 Å². The monoisotopic (exact) mass is 218 g/mol. The first kappa shape index (κ1) is 10.7. The normalized spacial score (nSPS) is 17.9. The first-order valence-corrected chi connectivity index (χ1v) is 5.45. The topological polar surface area (TPSA) is 81.6 Å². The highest BCUT2D eigenvalue weighted by Gasteiger charge is 2.41.